The van der Waals surface area contributed by atoms with Crippen LogP contribution in [-0.4, -0.2) is 50.6 Å². The van der Waals surface area contributed by atoms with E-state index in [1.807, 2.05) is 24.3 Å². The van der Waals surface area contributed by atoms with Crippen molar-refractivity contribution in [3.8, 4) is 5.75 Å². The van der Waals surface area contributed by atoms with E-state index in [0.29, 0.717) is 18.0 Å². The minimum atomic E-state index is -0.0577. The maximum Gasteiger partial charge on any atom is 0.251 e. The Balaban J connectivity index is 1.46. The van der Waals surface area contributed by atoms with Gasteiger partial charge in [0, 0.05) is 31.1 Å². The van der Waals surface area contributed by atoms with Gasteiger partial charge in [0.2, 0.25) is 0 Å². The molecule has 0 bridgehead atoms. The number of hydrogen-bond acceptors (Lipinski definition) is 5. The molecule has 2 aliphatic heterocycles. The van der Waals surface area contributed by atoms with Crippen LogP contribution in [0.5, 0.6) is 5.75 Å². The molecular formula is C23H30N4O2. The van der Waals surface area contributed by atoms with Crippen LogP contribution in [0.25, 0.3) is 0 Å². The van der Waals surface area contributed by atoms with Gasteiger partial charge >= 0.3 is 0 Å². The molecule has 2 aromatic rings. The number of carbonyl (C=O) groups excluding carboxylic acids is 1. The van der Waals surface area contributed by atoms with E-state index >= 15 is 0 Å². The van der Waals surface area contributed by atoms with Crippen molar-refractivity contribution in [1.82, 2.24) is 21.1 Å². The highest BCUT2D eigenvalue weighted by atomic mass is 16.5. The third-order valence-electron chi connectivity index (χ3n) is 5.98. The van der Waals surface area contributed by atoms with Gasteiger partial charge in [0.25, 0.3) is 5.91 Å². The maximum atomic E-state index is 12.9. The fourth-order valence-corrected chi connectivity index (χ4v) is 4.35. The van der Waals surface area contributed by atoms with Gasteiger partial charge in [-0.25, -0.2) is 0 Å². The number of methoxy groups -OCH3 is 1. The monoisotopic (exact) mass is 394 g/mol. The molecular weight excluding hydrogens is 364 g/mol. The summed E-state index contributed by atoms with van der Waals surface area (Å²) in [4.78, 5) is 15.4. The molecule has 0 aromatic heterocycles. The number of ether oxygens (including phenoxy) is 1. The van der Waals surface area contributed by atoms with E-state index in [4.69, 9.17) is 4.74 Å². The molecule has 6 nitrogen and oxygen atoms in total. The molecule has 6 heteroatoms. The summed E-state index contributed by atoms with van der Waals surface area (Å²) < 4.78 is 5.58. The fraction of sp³-hybridized carbons (Fsp3) is 0.435. The number of nitrogens with zero attached hydrogens (tertiary/aromatic N) is 1. The van der Waals surface area contributed by atoms with E-state index in [0.717, 1.165) is 37.5 Å². The second-order valence-corrected chi connectivity index (χ2v) is 7.80. The van der Waals surface area contributed by atoms with Crippen LogP contribution in [0.1, 0.15) is 46.3 Å². The summed E-state index contributed by atoms with van der Waals surface area (Å²) in [6, 6.07) is 16.4. The van der Waals surface area contributed by atoms with Crippen molar-refractivity contribution in [1.29, 1.82) is 0 Å². The Morgan fingerprint density at radius 1 is 1.14 bits per heavy atom. The number of benzene rings is 2. The molecule has 1 unspecified atom stereocenters. The predicted molar refractivity (Wildman–Crippen MR) is 114 cm³/mol. The zero-order valence-corrected chi connectivity index (χ0v) is 17.0. The lowest BCUT2D eigenvalue weighted by molar-refractivity contribution is 0.0937. The van der Waals surface area contributed by atoms with Crippen molar-refractivity contribution in [3.63, 3.8) is 0 Å². The van der Waals surface area contributed by atoms with E-state index in [9.17, 15) is 4.79 Å². The van der Waals surface area contributed by atoms with E-state index < -0.39 is 0 Å². The van der Waals surface area contributed by atoms with Gasteiger partial charge in [-0.1, -0.05) is 36.4 Å². The Labute approximate surface area is 172 Å². The lowest BCUT2D eigenvalue weighted by Crippen LogP contribution is -2.36. The largest absolute Gasteiger partial charge is 0.496 e. The smallest absolute Gasteiger partial charge is 0.251 e. The topological polar surface area (TPSA) is 65.6 Å². The number of hydrogen-bond donors (Lipinski definition) is 3. The lowest BCUT2D eigenvalue weighted by Gasteiger charge is -2.28. The third kappa shape index (κ3) is 4.61. The first kappa shape index (κ1) is 19.9. The van der Waals surface area contributed by atoms with Crippen molar-refractivity contribution in [2.24, 2.45) is 0 Å². The number of likely N-dealkylation sites (tertiary alicyclic amines) is 1. The lowest BCUT2D eigenvalue weighted by atomic mass is 9.97. The van der Waals surface area contributed by atoms with Crippen LogP contribution in [-0.2, 0) is 0 Å². The first-order valence-electron chi connectivity index (χ1n) is 10.5. The molecule has 2 aliphatic rings. The molecule has 29 heavy (non-hydrogen) atoms. The summed E-state index contributed by atoms with van der Waals surface area (Å²) in [5.41, 5.74) is 9.31. The van der Waals surface area contributed by atoms with E-state index in [1.54, 1.807) is 7.11 Å². The molecule has 0 aliphatic carbocycles. The molecule has 154 valence electrons. The fourth-order valence-electron chi connectivity index (χ4n) is 4.35. The summed E-state index contributed by atoms with van der Waals surface area (Å²) in [7, 11) is 1.66. The highest BCUT2D eigenvalue weighted by molar-refractivity contribution is 5.94. The molecule has 4 rings (SSSR count). The van der Waals surface area contributed by atoms with Crippen molar-refractivity contribution in [2.75, 3.05) is 39.8 Å². The van der Waals surface area contributed by atoms with Crippen LogP contribution in [0.3, 0.4) is 0 Å². The molecule has 3 N–H and O–H groups in total. The van der Waals surface area contributed by atoms with Gasteiger partial charge in [-0.2, -0.15) is 0 Å². The average Bonchev–Trinajstić information content (AvgIpc) is 3.49. The minimum Gasteiger partial charge on any atom is -0.496 e. The second kappa shape index (κ2) is 9.39. The Hall–Kier alpha value is -2.41. The van der Waals surface area contributed by atoms with Gasteiger partial charge in [-0.15, -0.1) is 0 Å². The Morgan fingerprint density at radius 3 is 2.55 bits per heavy atom. The molecule has 2 saturated heterocycles. The SMILES string of the molecule is COc1cc(C(=O)NCC(c2ccccc2)N2CCCC2)ccc1C1CNNC1. The van der Waals surface area contributed by atoms with E-state index in [-0.39, 0.29) is 11.9 Å². The van der Waals surface area contributed by atoms with Gasteiger partial charge in [0.15, 0.2) is 0 Å². The molecule has 1 atom stereocenters. The third-order valence-corrected chi connectivity index (χ3v) is 5.98. The van der Waals surface area contributed by atoms with E-state index in [2.05, 4.69) is 45.3 Å². The molecule has 0 saturated carbocycles. The average molecular weight is 395 g/mol. The van der Waals surface area contributed by atoms with Crippen molar-refractivity contribution in [3.05, 3.63) is 65.2 Å². The number of amides is 1. The zero-order chi connectivity index (χ0) is 20.1. The van der Waals surface area contributed by atoms with Gasteiger partial charge in [0.05, 0.1) is 13.2 Å². The summed E-state index contributed by atoms with van der Waals surface area (Å²) in [5, 5.41) is 3.15. The van der Waals surface area contributed by atoms with Crippen LogP contribution in [0.4, 0.5) is 0 Å². The Bertz CT molecular complexity index is 815. The Morgan fingerprint density at radius 2 is 1.86 bits per heavy atom. The molecule has 0 spiro atoms. The highest BCUT2D eigenvalue weighted by Gasteiger charge is 2.25. The molecule has 1 amide bonds. The normalized spacial score (nSPS) is 18.7. The van der Waals surface area contributed by atoms with Crippen LogP contribution in [0.2, 0.25) is 0 Å². The molecule has 0 radical (unpaired) electrons. The maximum absolute atomic E-state index is 12.9. The number of hydrazine groups is 1. The van der Waals surface area contributed by atoms with Gasteiger partial charge in [-0.3, -0.25) is 20.5 Å². The van der Waals surface area contributed by atoms with Gasteiger partial charge in [0.1, 0.15) is 5.75 Å². The van der Waals surface area contributed by atoms with Gasteiger partial charge in [-0.05, 0) is 49.2 Å². The predicted octanol–water partition coefficient (Wildman–Crippen LogP) is 2.45. The summed E-state index contributed by atoms with van der Waals surface area (Å²) in [6.07, 6.45) is 2.45. The van der Waals surface area contributed by atoms with Crippen LogP contribution in [0.15, 0.2) is 48.5 Å². The van der Waals surface area contributed by atoms with Crippen LogP contribution >= 0.6 is 0 Å². The van der Waals surface area contributed by atoms with Crippen molar-refractivity contribution >= 4 is 5.91 Å². The quantitative estimate of drug-likeness (QED) is 0.673. The summed E-state index contributed by atoms with van der Waals surface area (Å²) in [5.74, 6) is 1.06. The first-order valence-corrected chi connectivity index (χ1v) is 10.5. The summed E-state index contributed by atoms with van der Waals surface area (Å²) in [6.45, 7) is 4.49. The first-order chi connectivity index (χ1) is 14.3. The Kier molecular flexibility index (Phi) is 6.44. The second-order valence-electron chi connectivity index (χ2n) is 7.80. The van der Waals surface area contributed by atoms with Crippen molar-refractivity contribution < 1.29 is 9.53 Å². The standard InChI is InChI=1S/C23H30N4O2/c1-29-22-13-18(9-10-20(22)19-14-25-26-15-19)23(28)24-16-21(27-11-5-6-12-27)17-7-3-2-4-8-17/h2-4,7-10,13,19,21,25-26H,5-6,11-12,14-16H2,1H3,(H,24,28). The molecule has 2 heterocycles. The zero-order valence-electron chi connectivity index (χ0n) is 17.0. The van der Waals surface area contributed by atoms with Crippen LogP contribution in [0, 0.1) is 0 Å². The van der Waals surface area contributed by atoms with E-state index in [1.165, 1.54) is 18.4 Å². The molecule has 2 fully saturated rings. The number of nitrogens with one attached hydrogen (secondary N) is 3. The molecule has 2 aromatic carbocycles. The minimum absolute atomic E-state index is 0.0577. The number of rotatable bonds is 7. The number of carbonyl (C=O) groups is 1. The van der Waals surface area contributed by atoms with Gasteiger partial charge < -0.3 is 10.1 Å². The summed E-state index contributed by atoms with van der Waals surface area (Å²) >= 11 is 0. The van der Waals surface area contributed by atoms with Crippen LogP contribution < -0.4 is 20.9 Å². The van der Waals surface area contributed by atoms with Crippen molar-refractivity contribution in [2.45, 2.75) is 24.8 Å². The highest BCUT2D eigenvalue weighted by Crippen LogP contribution is 2.29.